The summed E-state index contributed by atoms with van der Waals surface area (Å²) in [5, 5.41) is 10.0. The standard InChI is InChI=1S/C18H25N3O/c1-13(2)10-15-11-16(21-20-15)17(22)19-12-18(3,4)14-8-6-5-7-9-14/h5-9,11,13H,10,12H2,1-4H3,(H,19,22)(H,20,21). The van der Waals surface area contributed by atoms with Crippen LogP contribution in [-0.4, -0.2) is 22.6 Å². The van der Waals surface area contributed by atoms with E-state index in [9.17, 15) is 4.79 Å². The van der Waals surface area contributed by atoms with Gasteiger partial charge in [0.05, 0.1) is 0 Å². The number of amides is 1. The molecule has 22 heavy (non-hydrogen) atoms. The van der Waals surface area contributed by atoms with Crippen molar-refractivity contribution in [2.75, 3.05) is 6.54 Å². The Balaban J connectivity index is 1.96. The second kappa shape index (κ2) is 6.77. The van der Waals surface area contributed by atoms with Crippen molar-refractivity contribution in [2.24, 2.45) is 5.92 Å². The predicted octanol–water partition coefficient (Wildman–Crippen LogP) is 3.32. The van der Waals surface area contributed by atoms with Gasteiger partial charge >= 0.3 is 0 Å². The summed E-state index contributed by atoms with van der Waals surface area (Å²) in [4.78, 5) is 12.2. The van der Waals surface area contributed by atoms with Gasteiger partial charge < -0.3 is 5.32 Å². The molecule has 1 aromatic heterocycles. The second-order valence-corrected chi connectivity index (χ2v) is 6.81. The Labute approximate surface area is 132 Å². The number of hydrogen-bond acceptors (Lipinski definition) is 2. The van der Waals surface area contributed by atoms with E-state index in [4.69, 9.17) is 0 Å². The zero-order valence-corrected chi connectivity index (χ0v) is 13.8. The van der Waals surface area contributed by atoms with Crippen LogP contribution in [0.1, 0.15) is 49.4 Å². The fourth-order valence-electron chi connectivity index (χ4n) is 2.41. The molecule has 0 aliphatic heterocycles. The Morgan fingerprint density at radius 1 is 1.27 bits per heavy atom. The highest BCUT2D eigenvalue weighted by Gasteiger charge is 2.22. The molecule has 0 unspecified atom stereocenters. The first kappa shape index (κ1) is 16.3. The van der Waals surface area contributed by atoms with Crippen LogP contribution in [0.4, 0.5) is 0 Å². The van der Waals surface area contributed by atoms with Gasteiger partial charge in [0.1, 0.15) is 5.69 Å². The summed E-state index contributed by atoms with van der Waals surface area (Å²) in [7, 11) is 0. The fraction of sp³-hybridized carbons (Fsp3) is 0.444. The highest BCUT2D eigenvalue weighted by atomic mass is 16.1. The molecule has 0 aliphatic rings. The Bertz CT molecular complexity index is 614. The van der Waals surface area contributed by atoms with Crippen molar-refractivity contribution in [3.8, 4) is 0 Å². The van der Waals surface area contributed by atoms with Gasteiger partial charge in [0.2, 0.25) is 0 Å². The lowest BCUT2D eigenvalue weighted by atomic mass is 9.84. The molecule has 2 rings (SSSR count). The molecule has 2 N–H and O–H groups in total. The quantitative estimate of drug-likeness (QED) is 0.859. The Kier molecular flexibility index (Phi) is 5.01. The van der Waals surface area contributed by atoms with Gasteiger partial charge in [-0.15, -0.1) is 0 Å². The van der Waals surface area contributed by atoms with E-state index in [1.807, 2.05) is 24.3 Å². The average molecular weight is 299 g/mol. The zero-order valence-electron chi connectivity index (χ0n) is 13.8. The molecule has 4 nitrogen and oxygen atoms in total. The van der Waals surface area contributed by atoms with Crippen LogP contribution in [0.15, 0.2) is 36.4 Å². The van der Waals surface area contributed by atoms with Crippen LogP contribution in [-0.2, 0) is 11.8 Å². The molecule has 118 valence electrons. The number of nitrogens with zero attached hydrogens (tertiary/aromatic N) is 1. The SMILES string of the molecule is CC(C)Cc1cc(C(=O)NCC(C)(C)c2ccccc2)n[nH]1. The third-order valence-corrected chi connectivity index (χ3v) is 3.74. The van der Waals surface area contributed by atoms with Crippen molar-refractivity contribution < 1.29 is 4.79 Å². The van der Waals surface area contributed by atoms with E-state index >= 15 is 0 Å². The van der Waals surface area contributed by atoms with Crippen molar-refractivity contribution >= 4 is 5.91 Å². The molecule has 0 fully saturated rings. The van der Waals surface area contributed by atoms with Crippen LogP contribution in [0.25, 0.3) is 0 Å². The van der Waals surface area contributed by atoms with E-state index in [0.29, 0.717) is 18.2 Å². The number of aromatic amines is 1. The summed E-state index contributed by atoms with van der Waals surface area (Å²) < 4.78 is 0. The number of aromatic nitrogens is 2. The normalized spacial score (nSPS) is 11.7. The summed E-state index contributed by atoms with van der Waals surface area (Å²) >= 11 is 0. The van der Waals surface area contributed by atoms with Gasteiger partial charge in [-0.2, -0.15) is 5.10 Å². The Hall–Kier alpha value is -2.10. The van der Waals surface area contributed by atoms with Crippen molar-refractivity contribution in [1.82, 2.24) is 15.5 Å². The van der Waals surface area contributed by atoms with Crippen LogP contribution < -0.4 is 5.32 Å². The third kappa shape index (κ3) is 4.20. The van der Waals surface area contributed by atoms with Gasteiger partial charge in [0.25, 0.3) is 5.91 Å². The van der Waals surface area contributed by atoms with Gasteiger partial charge in [-0.25, -0.2) is 0 Å². The number of H-pyrrole nitrogens is 1. The number of rotatable bonds is 6. The van der Waals surface area contributed by atoms with Crippen LogP contribution in [0.2, 0.25) is 0 Å². The van der Waals surface area contributed by atoms with Gasteiger partial charge in [-0.1, -0.05) is 58.0 Å². The van der Waals surface area contributed by atoms with E-state index in [1.165, 1.54) is 5.56 Å². The molecular formula is C18H25N3O. The molecule has 0 atom stereocenters. The highest BCUT2D eigenvalue weighted by Crippen LogP contribution is 2.21. The minimum Gasteiger partial charge on any atom is -0.350 e. The first-order chi connectivity index (χ1) is 10.4. The zero-order chi connectivity index (χ0) is 16.2. The van der Waals surface area contributed by atoms with Crippen molar-refractivity contribution in [1.29, 1.82) is 0 Å². The Morgan fingerprint density at radius 3 is 2.59 bits per heavy atom. The molecule has 0 bridgehead atoms. The van der Waals surface area contributed by atoms with Crippen LogP contribution in [0.3, 0.4) is 0 Å². The lowest BCUT2D eigenvalue weighted by molar-refractivity contribution is 0.0940. The summed E-state index contributed by atoms with van der Waals surface area (Å²) in [6, 6.07) is 12.0. The maximum absolute atomic E-state index is 12.2. The van der Waals surface area contributed by atoms with Crippen LogP contribution in [0.5, 0.6) is 0 Å². The van der Waals surface area contributed by atoms with E-state index in [2.05, 4.69) is 55.3 Å². The maximum Gasteiger partial charge on any atom is 0.271 e. The Morgan fingerprint density at radius 2 is 1.95 bits per heavy atom. The molecule has 1 aromatic carbocycles. The van der Waals surface area contributed by atoms with Gasteiger partial charge in [0, 0.05) is 17.7 Å². The lowest BCUT2D eigenvalue weighted by Gasteiger charge is -2.25. The summed E-state index contributed by atoms with van der Waals surface area (Å²) in [5.41, 5.74) is 2.55. The molecule has 0 saturated heterocycles. The molecule has 1 heterocycles. The fourth-order valence-corrected chi connectivity index (χ4v) is 2.41. The maximum atomic E-state index is 12.2. The largest absolute Gasteiger partial charge is 0.350 e. The second-order valence-electron chi connectivity index (χ2n) is 6.81. The molecule has 0 spiro atoms. The molecule has 0 saturated carbocycles. The van der Waals surface area contributed by atoms with E-state index in [-0.39, 0.29) is 11.3 Å². The summed E-state index contributed by atoms with van der Waals surface area (Å²) in [6.45, 7) is 9.10. The molecule has 4 heteroatoms. The average Bonchev–Trinajstić information content (AvgIpc) is 2.93. The molecule has 1 amide bonds. The topological polar surface area (TPSA) is 57.8 Å². The number of carbonyl (C=O) groups excluding carboxylic acids is 1. The predicted molar refractivity (Wildman–Crippen MR) is 88.9 cm³/mol. The van der Waals surface area contributed by atoms with Crippen molar-refractivity contribution in [3.05, 3.63) is 53.3 Å². The molecule has 2 aromatic rings. The van der Waals surface area contributed by atoms with Gasteiger partial charge in [0.15, 0.2) is 0 Å². The smallest absolute Gasteiger partial charge is 0.271 e. The van der Waals surface area contributed by atoms with E-state index < -0.39 is 0 Å². The van der Waals surface area contributed by atoms with Crippen LogP contribution in [0, 0.1) is 5.92 Å². The van der Waals surface area contributed by atoms with E-state index in [0.717, 1.165) is 12.1 Å². The third-order valence-electron chi connectivity index (χ3n) is 3.74. The molecular weight excluding hydrogens is 274 g/mol. The number of carbonyl (C=O) groups is 1. The first-order valence-corrected chi connectivity index (χ1v) is 7.76. The first-order valence-electron chi connectivity index (χ1n) is 7.76. The molecule has 0 radical (unpaired) electrons. The minimum absolute atomic E-state index is 0.117. The summed E-state index contributed by atoms with van der Waals surface area (Å²) in [6.07, 6.45) is 0.899. The van der Waals surface area contributed by atoms with Gasteiger partial charge in [-0.3, -0.25) is 9.89 Å². The highest BCUT2D eigenvalue weighted by molar-refractivity contribution is 5.92. The van der Waals surface area contributed by atoms with Crippen molar-refractivity contribution in [3.63, 3.8) is 0 Å². The number of hydrogen-bond donors (Lipinski definition) is 2. The van der Waals surface area contributed by atoms with Crippen LogP contribution >= 0.6 is 0 Å². The monoisotopic (exact) mass is 299 g/mol. The lowest BCUT2D eigenvalue weighted by Crippen LogP contribution is -2.36. The molecule has 0 aliphatic carbocycles. The number of benzene rings is 1. The van der Waals surface area contributed by atoms with Gasteiger partial charge in [-0.05, 0) is 24.0 Å². The number of nitrogens with one attached hydrogen (secondary N) is 2. The minimum atomic E-state index is -0.129. The summed E-state index contributed by atoms with van der Waals surface area (Å²) in [5.74, 6) is 0.406. The van der Waals surface area contributed by atoms with E-state index in [1.54, 1.807) is 0 Å². The van der Waals surface area contributed by atoms with Crippen molar-refractivity contribution in [2.45, 2.75) is 39.5 Å².